The van der Waals surface area contributed by atoms with Crippen molar-refractivity contribution in [2.45, 2.75) is 57.3 Å². The molecule has 0 aromatic rings. The van der Waals surface area contributed by atoms with Gasteiger partial charge in [-0.3, -0.25) is 0 Å². The molecule has 2 amide bonds. The lowest BCUT2D eigenvalue weighted by Crippen LogP contribution is -2.59. The number of hydrogen-bond donors (Lipinski definition) is 2. The lowest BCUT2D eigenvalue weighted by Gasteiger charge is -2.36. The molecule has 2 aliphatic heterocycles. The van der Waals surface area contributed by atoms with Gasteiger partial charge < -0.3 is 20.1 Å². The monoisotopic (exact) mass is 270 g/mol. The van der Waals surface area contributed by atoms with Crippen LogP contribution >= 0.6 is 0 Å². The van der Waals surface area contributed by atoms with Crippen LogP contribution in [0.2, 0.25) is 0 Å². The van der Waals surface area contributed by atoms with Gasteiger partial charge in [0, 0.05) is 13.1 Å². The number of hydrogen-bond acceptors (Lipinski definition) is 3. The molecule has 2 atom stereocenters. The molecule has 2 N–H and O–H groups in total. The molecule has 0 spiro atoms. The summed E-state index contributed by atoms with van der Waals surface area (Å²) in [7, 11) is 0. The van der Waals surface area contributed by atoms with E-state index in [1.807, 2.05) is 0 Å². The molecule has 2 fully saturated rings. The minimum absolute atomic E-state index is 0.118. The Kier molecular flexibility index (Phi) is 3.99. The molecular weight excluding hydrogens is 248 g/mol. The van der Waals surface area contributed by atoms with E-state index >= 15 is 0 Å². The Morgan fingerprint density at radius 1 is 1.26 bits per heavy atom. The van der Waals surface area contributed by atoms with Gasteiger partial charge >= 0.3 is 12.0 Å². The first-order valence-corrected chi connectivity index (χ1v) is 6.96. The predicted molar refractivity (Wildman–Crippen MR) is 68.9 cm³/mol. The third-order valence-corrected chi connectivity index (χ3v) is 4.29. The van der Waals surface area contributed by atoms with Crippen molar-refractivity contribution < 1.29 is 19.4 Å². The maximum atomic E-state index is 12.3. The van der Waals surface area contributed by atoms with Crippen LogP contribution in [0.25, 0.3) is 0 Å². The summed E-state index contributed by atoms with van der Waals surface area (Å²) in [6.07, 6.45) is 2.96. The minimum Gasteiger partial charge on any atom is -0.480 e. The van der Waals surface area contributed by atoms with Crippen LogP contribution in [0, 0.1) is 0 Å². The topological polar surface area (TPSA) is 78.9 Å². The van der Waals surface area contributed by atoms with Gasteiger partial charge in [-0.05, 0) is 25.7 Å². The Hall–Kier alpha value is -1.30. The molecule has 0 aliphatic carbocycles. The molecule has 2 bridgehead atoms. The van der Waals surface area contributed by atoms with Gasteiger partial charge in [0.15, 0.2) is 0 Å². The standard InChI is InChI=1S/C13H22N2O4/c1-3-13(4-2,11(16)17)14-12(18)15-7-9-5-6-10(8-15)19-9/h9-10H,3-8H2,1-2H3,(H,14,18)(H,16,17). The number of urea groups is 1. The van der Waals surface area contributed by atoms with Gasteiger partial charge in [-0.1, -0.05) is 13.8 Å². The Labute approximate surface area is 113 Å². The number of nitrogens with zero attached hydrogens (tertiary/aromatic N) is 1. The molecular formula is C13H22N2O4. The van der Waals surface area contributed by atoms with E-state index in [4.69, 9.17) is 4.74 Å². The molecule has 2 saturated heterocycles. The van der Waals surface area contributed by atoms with Gasteiger partial charge in [0.05, 0.1) is 12.2 Å². The first-order valence-electron chi connectivity index (χ1n) is 6.96. The van der Waals surface area contributed by atoms with Crippen LogP contribution in [0.3, 0.4) is 0 Å². The predicted octanol–water partition coefficient (Wildman–Crippen LogP) is 1.20. The van der Waals surface area contributed by atoms with Crippen LogP contribution in [0.15, 0.2) is 0 Å². The molecule has 2 rings (SSSR count). The zero-order valence-electron chi connectivity index (χ0n) is 11.5. The van der Waals surface area contributed by atoms with Gasteiger partial charge in [-0.25, -0.2) is 9.59 Å². The number of aliphatic carboxylic acids is 1. The number of fused-ring (bicyclic) bond motifs is 2. The summed E-state index contributed by atoms with van der Waals surface area (Å²) in [6, 6.07) is -0.286. The smallest absolute Gasteiger partial charge is 0.329 e. The number of carbonyl (C=O) groups excluding carboxylic acids is 1. The van der Waals surface area contributed by atoms with E-state index in [9.17, 15) is 14.7 Å². The summed E-state index contributed by atoms with van der Waals surface area (Å²) in [5.74, 6) is -0.970. The fraction of sp³-hybridized carbons (Fsp3) is 0.846. The summed E-state index contributed by atoms with van der Waals surface area (Å²) >= 11 is 0. The maximum absolute atomic E-state index is 12.3. The van der Waals surface area contributed by atoms with Crippen LogP contribution in [-0.4, -0.2) is 52.8 Å². The van der Waals surface area contributed by atoms with Crippen molar-refractivity contribution in [3.05, 3.63) is 0 Å². The molecule has 2 heterocycles. The Bertz CT molecular complexity index is 356. The van der Waals surface area contributed by atoms with Crippen molar-refractivity contribution in [3.8, 4) is 0 Å². The average molecular weight is 270 g/mol. The number of carbonyl (C=O) groups is 2. The molecule has 0 radical (unpaired) electrons. The summed E-state index contributed by atoms with van der Waals surface area (Å²) in [5.41, 5.74) is -1.16. The number of nitrogens with one attached hydrogen (secondary N) is 1. The second-order valence-electron chi connectivity index (χ2n) is 5.39. The highest BCUT2D eigenvalue weighted by molar-refractivity contribution is 5.86. The zero-order valence-corrected chi connectivity index (χ0v) is 11.5. The lowest BCUT2D eigenvalue weighted by molar-refractivity contribution is -0.144. The third kappa shape index (κ3) is 2.68. The molecule has 6 heteroatoms. The number of carboxylic acid groups (broad SMARTS) is 1. The van der Waals surface area contributed by atoms with Gasteiger partial charge in [0.1, 0.15) is 5.54 Å². The Morgan fingerprint density at radius 3 is 2.21 bits per heavy atom. The van der Waals surface area contributed by atoms with E-state index in [-0.39, 0.29) is 18.2 Å². The lowest BCUT2D eigenvalue weighted by atomic mass is 9.93. The second-order valence-corrected chi connectivity index (χ2v) is 5.39. The van der Waals surface area contributed by atoms with E-state index in [1.54, 1.807) is 18.7 Å². The molecule has 19 heavy (non-hydrogen) atoms. The number of rotatable bonds is 4. The van der Waals surface area contributed by atoms with E-state index in [2.05, 4.69) is 5.32 Å². The van der Waals surface area contributed by atoms with Crippen molar-refractivity contribution in [2.24, 2.45) is 0 Å². The molecule has 2 unspecified atom stereocenters. The van der Waals surface area contributed by atoms with E-state index < -0.39 is 11.5 Å². The second kappa shape index (κ2) is 5.36. The minimum atomic E-state index is -1.16. The number of amides is 2. The van der Waals surface area contributed by atoms with Crippen LogP contribution in [0.5, 0.6) is 0 Å². The highest BCUT2D eigenvalue weighted by atomic mass is 16.5. The van der Waals surface area contributed by atoms with Crippen LogP contribution in [0.1, 0.15) is 39.5 Å². The SMILES string of the molecule is CCC(CC)(NC(=O)N1CC2CCC(C1)O2)C(=O)O. The third-order valence-electron chi connectivity index (χ3n) is 4.29. The normalized spacial score (nSPS) is 26.3. The highest BCUT2D eigenvalue weighted by Crippen LogP contribution is 2.26. The summed E-state index contributed by atoms with van der Waals surface area (Å²) < 4.78 is 5.67. The molecule has 108 valence electrons. The van der Waals surface area contributed by atoms with E-state index in [0.717, 1.165) is 12.8 Å². The fourth-order valence-corrected chi connectivity index (χ4v) is 2.85. The van der Waals surface area contributed by atoms with Crippen molar-refractivity contribution in [1.82, 2.24) is 10.2 Å². The van der Waals surface area contributed by atoms with Crippen molar-refractivity contribution in [2.75, 3.05) is 13.1 Å². The number of likely N-dealkylation sites (tertiary alicyclic amines) is 1. The van der Waals surface area contributed by atoms with Crippen LogP contribution in [0.4, 0.5) is 4.79 Å². The van der Waals surface area contributed by atoms with Crippen molar-refractivity contribution in [3.63, 3.8) is 0 Å². The van der Waals surface area contributed by atoms with Gasteiger partial charge in [0.2, 0.25) is 0 Å². The summed E-state index contributed by atoms with van der Waals surface area (Å²) in [4.78, 5) is 25.3. The van der Waals surface area contributed by atoms with Crippen LogP contribution < -0.4 is 5.32 Å². The van der Waals surface area contributed by atoms with Gasteiger partial charge in [-0.2, -0.15) is 0 Å². The summed E-state index contributed by atoms with van der Waals surface area (Å²) in [5, 5.41) is 12.0. The summed E-state index contributed by atoms with van der Waals surface area (Å²) in [6.45, 7) is 4.68. The average Bonchev–Trinajstić information content (AvgIpc) is 2.74. The van der Waals surface area contributed by atoms with E-state index in [0.29, 0.717) is 25.9 Å². The van der Waals surface area contributed by atoms with Gasteiger partial charge in [-0.15, -0.1) is 0 Å². The molecule has 2 aliphatic rings. The first-order chi connectivity index (χ1) is 9.00. The van der Waals surface area contributed by atoms with E-state index in [1.165, 1.54) is 0 Å². The number of morpholine rings is 1. The zero-order chi connectivity index (χ0) is 14.0. The first kappa shape index (κ1) is 14.1. The molecule has 0 saturated carbocycles. The van der Waals surface area contributed by atoms with Gasteiger partial charge in [0.25, 0.3) is 0 Å². The maximum Gasteiger partial charge on any atom is 0.329 e. The largest absolute Gasteiger partial charge is 0.480 e. The quantitative estimate of drug-likeness (QED) is 0.804. The van der Waals surface area contributed by atoms with Crippen molar-refractivity contribution >= 4 is 12.0 Å². The number of carboxylic acids is 1. The van der Waals surface area contributed by atoms with Crippen molar-refractivity contribution in [1.29, 1.82) is 0 Å². The molecule has 6 nitrogen and oxygen atoms in total. The van der Waals surface area contributed by atoms with Crippen LogP contribution in [-0.2, 0) is 9.53 Å². The number of ether oxygens (including phenoxy) is 1. The molecule has 0 aromatic heterocycles. The fourth-order valence-electron chi connectivity index (χ4n) is 2.85. The Balaban J connectivity index is 2.01. The molecule has 0 aromatic carbocycles. The Morgan fingerprint density at radius 2 is 1.79 bits per heavy atom. The highest BCUT2D eigenvalue weighted by Gasteiger charge is 2.41.